The third-order valence-electron chi connectivity index (χ3n) is 2.84. The predicted octanol–water partition coefficient (Wildman–Crippen LogP) is 0.990. The summed E-state index contributed by atoms with van der Waals surface area (Å²) < 4.78 is 0. The van der Waals surface area contributed by atoms with Crippen LogP contribution in [0.4, 0.5) is 4.79 Å². The van der Waals surface area contributed by atoms with Crippen molar-refractivity contribution in [2.45, 2.75) is 18.9 Å². The highest BCUT2D eigenvalue weighted by Gasteiger charge is 2.49. The van der Waals surface area contributed by atoms with E-state index in [1.807, 2.05) is 5.38 Å². The second-order valence-electron chi connectivity index (χ2n) is 4.13. The van der Waals surface area contributed by atoms with Gasteiger partial charge in [-0.05, 0) is 18.4 Å². The van der Waals surface area contributed by atoms with Gasteiger partial charge in [-0.1, -0.05) is 6.07 Å². The summed E-state index contributed by atoms with van der Waals surface area (Å²) in [6.07, 6.45) is -0.250. The lowest BCUT2D eigenvalue weighted by Gasteiger charge is -2.19. The number of urea groups is 1. The molecule has 7 heteroatoms. The topological polar surface area (TPSA) is 86.7 Å². The summed E-state index contributed by atoms with van der Waals surface area (Å²) in [5, 5.41) is 13.0. The van der Waals surface area contributed by atoms with E-state index in [9.17, 15) is 14.4 Å². The van der Waals surface area contributed by atoms with Gasteiger partial charge in [0.15, 0.2) is 5.54 Å². The van der Waals surface area contributed by atoms with Crippen molar-refractivity contribution in [3.63, 3.8) is 0 Å². The zero-order chi connectivity index (χ0) is 13.3. The van der Waals surface area contributed by atoms with Crippen molar-refractivity contribution in [3.8, 4) is 0 Å². The average Bonchev–Trinajstić information content (AvgIpc) is 2.87. The number of carbonyl (C=O) groups excluding carboxylic acids is 2. The quantitative estimate of drug-likeness (QED) is 0.797. The maximum atomic E-state index is 12.2. The van der Waals surface area contributed by atoms with Gasteiger partial charge in [-0.2, -0.15) is 0 Å². The first-order valence-corrected chi connectivity index (χ1v) is 6.23. The van der Waals surface area contributed by atoms with Crippen LogP contribution >= 0.6 is 11.3 Å². The molecule has 1 aliphatic heterocycles. The van der Waals surface area contributed by atoms with Crippen LogP contribution in [-0.4, -0.2) is 34.5 Å². The normalized spacial score (nSPS) is 23.3. The van der Waals surface area contributed by atoms with Crippen molar-refractivity contribution in [1.29, 1.82) is 0 Å². The number of aliphatic carboxylic acids is 1. The smallest absolute Gasteiger partial charge is 0.325 e. The summed E-state index contributed by atoms with van der Waals surface area (Å²) in [7, 11) is 0. The fourth-order valence-corrected chi connectivity index (χ4v) is 2.67. The molecule has 1 fully saturated rings. The van der Waals surface area contributed by atoms with Gasteiger partial charge in [-0.25, -0.2) is 4.79 Å². The van der Waals surface area contributed by atoms with Crippen molar-refractivity contribution >= 4 is 29.2 Å². The van der Waals surface area contributed by atoms with E-state index in [1.54, 1.807) is 19.1 Å². The van der Waals surface area contributed by atoms with E-state index in [0.29, 0.717) is 0 Å². The van der Waals surface area contributed by atoms with Gasteiger partial charge in [-0.15, -0.1) is 11.3 Å². The Balaban J connectivity index is 2.21. The number of nitrogens with one attached hydrogen (secondary N) is 1. The van der Waals surface area contributed by atoms with E-state index in [-0.39, 0.29) is 13.0 Å². The largest absolute Gasteiger partial charge is 0.481 e. The minimum Gasteiger partial charge on any atom is -0.481 e. The molecule has 1 atom stereocenters. The van der Waals surface area contributed by atoms with Crippen LogP contribution in [-0.2, 0) is 15.1 Å². The molecule has 0 spiro atoms. The molecule has 1 saturated heterocycles. The number of rotatable bonds is 4. The summed E-state index contributed by atoms with van der Waals surface area (Å²) in [6.45, 7) is 1.51. The molecule has 2 N–H and O–H groups in total. The van der Waals surface area contributed by atoms with E-state index < -0.39 is 23.4 Å². The molecule has 0 bridgehead atoms. The number of carboxylic acid groups (broad SMARTS) is 1. The van der Waals surface area contributed by atoms with Crippen LogP contribution in [0.15, 0.2) is 17.5 Å². The van der Waals surface area contributed by atoms with E-state index in [2.05, 4.69) is 5.32 Å². The van der Waals surface area contributed by atoms with Gasteiger partial charge in [-0.3, -0.25) is 14.5 Å². The number of thiophene rings is 1. The van der Waals surface area contributed by atoms with Crippen LogP contribution in [0.2, 0.25) is 0 Å². The highest BCUT2D eigenvalue weighted by molar-refractivity contribution is 7.10. The maximum absolute atomic E-state index is 12.2. The number of carbonyl (C=O) groups is 3. The first-order chi connectivity index (χ1) is 8.45. The highest BCUT2D eigenvalue weighted by atomic mass is 32.1. The number of imide groups is 1. The molecule has 0 saturated carbocycles. The second kappa shape index (κ2) is 4.41. The van der Waals surface area contributed by atoms with Gasteiger partial charge in [0, 0.05) is 11.4 Å². The van der Waals surface area contributed by atoms with Crippen molar-refractivity contribution < 1.29 is 19.5 Å². The summed E-state index contributed by atoms with van der Waals surface area (Å²) in [4.78, 5) is 36.1. The van der Waals surface area contributed by atoms with Gasteiger partial charge in [0.05, 0.1) is 6.42 Å². The number of carboxylic acids is 1. The SMILES string of the molecule is CC1(c2cccs2)NC(=O)N(CCC(=O)O)C1=O. The van der Waals surface area contributed by atoms with Crippen molar-refractivity contribution in [1.82, 2.24) is 10.2 Å². The first-order valence-electron chi connectivity index (χ1n) is 5.35. The summed E-state index contributed by atoms with van der Waals surface area (Å²) in [5.74, 6) is -1.45. The molecule has 96 valence electrons. The molecule has 0 aromatic carbocycles. The predicted molar refractivity (Wildman–Crippen MR) is 64.2 cm³/mol. The Morgan fingerprint density at radius 3 is 2.83 bits per heavy atom. The molecule has 18 heavy (non-hydrogen) atoms. The molecule has 1 aromatic heterocycles. The molecule has 1 aliphatic rings. The third-order valence-corrected chi connectivity index (χ3v) is 3.93. The van der Waals surface area contributed by atoms with Crippen LogP contribution in [0.5, 0.6) is 0 Å². The molecular weight excluding hydrogens is 256 g/mol. The maximum Gasteiger partial charge on any atom is 0.325 e. The van der Waals surface area contributed by atoms with Crippen LogP contribution in [0.1, 0.15) is 18.2 Å². The lowest BCUT2D eigenvalue weighted by Crippen LogP contribution is -2.40. The Morgan fingerprint density at radius 1 is 1.56 bits per heavy atom. The zero-order valence-electron chi connectivity index (χ0n) is 9.67. The lowest BCUT2D eigenvalue weighted by molar-refractivity contribution is -0.138. The molecule has 1 unspecified atom stereocenters. The summed E-state index contributed by atoms with van der Waals surface area (Å²) in [5.41, 5.74) is -1.08. The standard InChI is InChI=1S/C11H12N2O4S/c1-11(7-3-2-6-18-7)9(16)13(10(17)12-11)5-4-8(14)15/h2-3,6H,4-5H2,1H3,(H,12,17)(H,14,15). The molecule has 0 aliphatic carbocycles. The number of hydrogen-bond donors (Lipinski definition) is 2. The Bertz CT molecular complexity index is 499. The number of nitrogens with zero attached hydrogens (tertiary/aromatic N) is 1. The van der Waals surface area contributed by atoms with E-state index >= 15 is 0 Å². The minimum absolute atomic E-state index is 0.110. The minimum atomic E-state index is -1.08. The van der Waals surface area contributed by atoms with Crippen LogP contribution < -0.4 is 5.32 Å². The van der Waals surface area contributed by atoms with Crippen molar-refractivity contribution in [2.75, 3.05) is 6.54 Å². The number of hydrogen-bond acceptors (Lipinski definition) is 4. The van der Waals surface area contributed by atoms with Crippen molar-refractivity contribution in [2.24, 2.45) is 0 Å². The average molecular weight is 268 g/mol. The molecule has 2 heterocycles. The monoisotopic (exact) mass is 268 g/mol. The molecule has 0 radical (unpaired) electrons. The Kier molecular flexibility index (Phi) is 3.08. The fraction of sp³-hybridized carbons (Fsp3) is 0.364. The second-order valence-corrected chi connectivity index (χ2v) is 5.08. The molecular formula is C11H12N2O4S. The highest BCUT2D eigenvalue weighted by Crippen LogP contribution is 2.31. The van der Waals surface area contributed by atoms with E-state index in [1.165, 1.54) is 11.3 Å². The van der Waals surface area contributed by atoms with Crippen LogP contribution in [0, 0.1) is 0 Å². The molecule has 3 amide bonds. The Labute approximate surface area is 107 Å². The molecule has 6 nitrogen and oxygen atoms in total. The van der Waals surface area contributed by atoms with Gasteiger partial charge in [0.25, 0.3) is 5.91 Å². The lowest BCUT2D eigenvalue weighted by atomic mass is 10.0. The molecule has 2 rings (SSSR count). The van der Waals surface area contributed by atoms with Crippen molar-refractivity contribution in [3.05, 3.63) is 22.4 Å². The van der Waals surface area contributed by atoms with Crippen LogP contribution in [0.3, 0.4) is 0 Å². The van der Waals surface area contributed by atoms with Gasteiger partial charge in [0.1, 0.15) is 0 Å². The Morgan fingerprint density at radius 2 is 2.28 bits per heavy atom. The molecule has 1 aromatic rings. The zero-order valence-corrected chi connectivity index (χ0v) is 10.5. The number of amides is 3. The summed E-state index contributed by atoms with van der Waals surface area (Å²) in [6, 6.07) is 3.02. The van der Waals surface area contributed by atoms with E-state index in [4.69, 9.17) is 5.11 Å². The van der Waals surface area contributed by atoms with Crippen LogP contribution in [0.25, 0.3) is 0 Å². The third kappa shape index (κ3) is 1.97. The van der Waals surface area contributed by atoms with Gasteiger partial charge >= 0.3 is 12.0 Å². The van der Waals surface area contributed by atoms with Gasteiger partial charge in [0.2, 0.25) is 0 Å². The fourth-order valence-electron chi connectivity index (χ4n) is 1.84. The van der Waals surface area contributed by atoms with Gasteiger partial charge < -0.3 is 10.4 Å². The summed E-state index contributed by atoms with van der Waals surface area (Å²) >= 11 is 1.37. The Hall–Kier alpha value is -1.89. The van der Waals surface area contributed by atoms with E-state index in [0.717, 1.165) is 9.78 Å². The first kappa shape index (κ1) is 12.6.